The second-order valence-corrected chi connectivity index (χ2v) is 5.17. The van der Waals surface area contributed by atoms with Gasteiger partial charge in [-0.2, -0.15) is 0 Å². The molecule has 2 atom stereocenters. The van der Waals surface area contributed by atoms with Gasteiger partial charge in [0, 0.05) is 6.54 Å². The third-order valence-electron chi connectivity index (χ3n) is 3.62. The summed E-state index contributed by atoms with van der Waals surface area (Å²) in [7, 11) is 0. The fraction of sp³-hybridized carbons (Fsp3) is 1.00. The Hall–Kier alpha value is -0.0400. The Bertz CT molecular complexity index is 156. The van der Waals surface area contributed by atoms with Gasteiger partial charge in [0.1, 0.15) is 0 Å². The highest BCUT2D eigenvalue weighted by Gasteiger charge is 2.53. The molecule has 0 amide bonds. The molecular weight excluding hydrogens is 146 g/mol. The van der Waals surface area contributed by atoms with Crippen molar-refractivity contribution in [3.05, 3.63) is 0 Å². The van der Waals surface area contributed by atoms with Gasteiger partial charge in [-0.25, -0.2) is 0 Å². The van der Waals surface area contributed by atoms with Crippen LogP contribution in [-0.2, 0) is 0 Å². The first-order valence-corrected chi connectivity index (χ1v) is 5.44. The van der Waals surface area contributed by atoms with Crippen molar-refractivity contribution in [3.63, 3.8) is 0 Å². The van der Waals surface area contributed by atoms with E-state index in [1.165, 1.54) is 38.8 Å². The van der Waals surface area contributed by atoms with Crippen LogP contribution in [0.15, 0.2) is 0 Å². The highest BCUT2D eigenvalue weighted by molar-refractivity contribution is 5.05. The first kappa shape index (κ1) is 8.55. The molecule has 1 saturated carbocycles. The van der Waals surface area contributed by atoms with Gasteiger partial charge in [0.2, 0.25) is 0 Å². The maximum Gasteiger partial charge on any atom is 0.00106 e. The first-order chi connectivity index (χ1) is 5.73. The summed E-state index contributed by atoms with van der Waals surface area (Å²) < 4.78 is 0. The Kier molecular flexibility index (Phi) is 2.16. The molecule has 1 heteroatoms. The molecule has 1 spiro atoms. The maximum atomic E-state index is 3.54. The molecule has 1 aliphatic heterocycles. The summed E-state index contributed by atoms with van der Waals surface area (Å²) in [5.41, 5.74) is 0.766. The van der Waals surface area contributed by atoms with Crippen molar-refractivity contribution in [2.24, 2.45) is 17.3 Å². The van der Waals surface area contributed by atoms with Crippen LogP contribution in [0.25, 0.3) is 0 Å². The number of hydrogen-bond donors (Lipinski definition) is 1. The Balaban J connectivity index is 1.83. The van der Waals surface area contributed by atoms with Crippen molar-refractivity contribution in [1.82, 2.24) is 5.32 Å². The first-order valence-electron chi connectivity index (χ1n) is 5.44. The number of piperidine rings is 1. The van der Waals surface area contributed by atoms with Gasteiger partial charge < -0.3 is 5.32 Å². The zero-order valence-corrected chi connectivity index (χ0v) is 8.40. The average Bonchev–Trinajstić information content (AvgIpc) is 2.63. The highest BCUT2D eigenvalue weighted by Crippen LogP contribution is 2.58. The van der Waals surface area contributed by atoms with E-state index in [9.17, 15) is 0 Å². The summed E-state index contributed by atoms with van der Waals surface area (Å²) in [5, 5.41) is 3.54. The van der Waals surface area contributed by atoms with Crippen molar-refractivity contribution in [3.8, 4) is 0 Å². The van der Waals surface area contributed by atoms with Crippen LogP contribution in [0.1, 0.15) is 39.5 Å². The van der Waals surface area contributed by atoms with Crippen LogP contribution in [0.5, 0.6) is 0 Å². The molecular formula is C11H21N. The Morgan fingerprint density at radius 3 is 2.92 bits per heavy atom. The minimum absolute atomic E-state index is 0.766. The molecule has 2 aliphatic rings. The van der Waals surface area contributed by atoms with E-state index in [0.29, 0.717) is 0 Å². The molecule has 1 heterocycles. The standard InChI is InChI=1S/C11H21N/c1-9(2)6-10-7-11(10)4-3-5-12-8-11/h9-10,12H,3-8H2,1-2H3. The molecule has 2 unspecified atom stereocenters. The van der Waals surface area contributed by atoms with E-state index >= 15 is 0 Å². The van der Waals surface area contributed by atoms with Gasteiger partial charge in [0.15, 0.2) is 0 Å². The molecule has 1 aliphatic carbocycles. The molecule has 2 fully saturated rings. The van der Waals surface area contributed by atoms with Crippen LogP contribution < -0.4 is 5.32 Å². The SMILES string of the molecule is CC(C)CC1CC12CCCNC2. The number of hydrogen-bond acceptors (Lipinski definition) is 1. The molecule has 1 nitrogen and oxygen atoms in total. The van der Waals surface area contributed by atoms with Gasteiger partial charge in [-0.1, -0.05) is 13.8 Å². The molecule has 0 aromatic heterocycles. The van der Waals surface area contributed by atoms with Crippen molar-refractivity contribution in [1.29, 1.82) is 0 Å². The quantitative estimate of drug-likeness (QED) is 0.666. The van der Waals surface area contributed by atoms with Crippen LogP contribution in [-0.4, -0.2) is 13.1 Å². The van der Waals surface area contributed by atoms with Crippen LogP contribution in [0.4, 0.5) is 0 Å². The van der Waals surface area contributed by atoms with E-state index in [0.717, 1.165) is 17.3 Å². The van der Waals surface area contributed by atoms with E-state index in [1.807, 2.05) is 0 Å². The second kappa shape index (κ2) is 3.02. The summed E-state index contributed by atoms with van der Waals surface area (Å²) in [6.45, 7) is 7.27. The van der Waals surface area contributed by atoms with Gasteiger partial charge in [0.25, 0.3) is 0 Å². The molecule has 70 valence electrons. The van der Waals surface area contributed by atoms with Gasteiger partial charge in [-0.05, 0) is 49.5 Å². The summed E-state index contributed by atoms with van der Waals surface area (Å²) in [4.78, 5) is 0. The van der Waals surface area contributed by atoms with Crippen LogP contribution in [0.2, 0.25) is 0 Å². The predicted molar refractivity (Wildman–Crippen MR) is 52.1 cm³/mol. The lowest BCUT2D eigenvalue weighted by molar-refractivity contribution is 0.311. The molecule has 0 aromatic carbocycles. The molecule has 1 saturated heterocycles. The van der Waals surface area contributed by atoms with Crippen molar-refractivity contribution < 1.29 is 0 Å². The predicted octanol–water partition coefficient (Wildman–Crippen LogP) is 2.42. The lowest BCUT2D eigenvalue weighted by Crippen LogP contribution is -2.32. The van der Waals surface area contributed by atoms with E-state index in [1.54, 1.807) is 0 Å². The molecule has 1 N–H and O–H groups in total. The Labute approximate surface area is 75.9 Å². The number of nitrogens with one attached hydrogen (secondary N) is 1. The van der Waals surface area contributed by atoms with Gasteiger partial charge in [-0.3, -0.25) is 0 Å². The summed E-state index contributed by atoms with van der Waals surface area (Å²) in [5.74, 6) is 1.96. The summed E-state index contributed by atoms with van der Waals surface area (Å²) in [6, 6.07) is 0. The van der Waals surface area contributed by atoms with E-state index in [-0.39, 0.29) is 0 Å². The van der Waals surface area contributed by atoms with Crippen LogP contribution >= 0.6 is 0 Å². The summed E-state index contributed by atoms with van der Waals surface area (Å²) >= 11 is 0. The summed E-state index contributed by atoms with van der Waals surface area (Å²) in [6.07, 6.45) is 5.88. The molecule has 12 heavy (non-hydrogen) atoms. The third-order valence-corrected chi connectivity index (χ3v) is 3.62. The molecule has 0 radical (unpaired) electrons. The van der Waals surface area contributed by atoms with Crippen molar-refractivity contribution in [2.45, 2.75) is 39.5 Å². The third kappa shape index (κ3) is 1.52. The topological polar surface area (TPSA) is 12.0 Å². The molecule has 0 aromatic rings. The van der Waals surface area contributed by atoms with Gasteiger partial charge in [0.05, 0.1) is 0 Å². The lowest BCUT2D eigenvalue weighted by atomic mass is 9.91. The smallest absolute Gasteiger partial charge is 0.00106 e. The Morgan fingerprint density at radius 1 is 1.50 bits per heavy atom. The highest BCUT2D eigenvalue weighted by atomic mass is 14.9. The zero-order valence-electron chi connectivity index (χ0n) is 8.40. The van der Waals surface area contributed by atoms with Crippen molar-refractivity contribution in [2.75, 3.05) is 13.1 Å². The van der Waals surface area contributed by atoms with Gasteiger partial charge >= 0.3 is 0 Å². The van der Waals surface area contributed by atoms with Gasteiger partial charge in [-0.15, -0.1) is 0 Å². The van der Waals surface area contributed by atoms with Crippen LogP contribution in [0, 0.1) is 17.3 Å². The number of rotatable bonds is 2. The average molecular weight is 167 g/mol. The minimum atomic E-state index is 0.766. The molecule has 0 bridgehead atoms. The van der Waals surface area contributed by atoms with Crippen molar-refractivity contribution >= 4 is 0 Å². The van der Waals surface area contributed by atoms with Crippen LogP contribution in [0.3, 0.4) is 0 Å². The molecule has 2 rings (SSSR count). The fourth-order valence-electron chi connectivity index (χ4n) is 2.85. The Morgan fingerprint density at radius 2 is 2.33 bits per heavy atom. The second-order valence-electron chi connectivity index (χ2n) is 5.17. The lowest BCUT2D eigenvalue weighted by Gasteiger charge is -2.24. The largest absolute Gasteiger partial charge is 0.316 e. The normalized spacial score (nSPS) is 40.8. The monoisotopic (exact) mass is 167 g/mol. The van der Waals surface area contributed by atoms with E-state index in [4.69, 9.17) is 0 Å². The van der Waals surface area contributed by atoms with E-state index in [2.05, 4.69) is 19.2 Å². The maximum absolute atomic E-state index is 3.54. The minimum Gasteiger partial charge on any atom is -0.316 e. The fourth-order valence-corrected chi connectivity index (χ4v) is 2.85. The van der Waals surface area contributed by atoms with E-state index < -0.39 is 0 Å². The zero-order chi connectivity index (χ0) is 8.60.